The Labute approximate surface area is 164 Å². The zero-order valence-corrected chi connectivity index (χ0v) is 16.1. The SMILES string of the molecule is CC(C(=O)NC(=O)NCc1ccccc1)N1C[C@@H]2CCC[C@@]2(C(=O)O)C1.Cl. The van der Waals surface area contributed by atoms with Crippen LogP contribution < -0.4 is 10.6 Å². The van der Waals surface area contributed by atoms with Gasteiger partial charge in [0.25, 0.3) is 0 Å². The molecule has 0 aromatic heterocycles. The number of amides is 3. The predicted molar refractivity (Wildman–Crippen MR) is 103 cm³/mol. The van der Waals surface area contributed by atoms with Gasteiger partial charge in [0.15, 0.2) is 0 Å². The number of carboxylic acid groups (broad SMARTS) is 1. The minimum Gasteiger partial charge on any atom is -0.481 e. The molecular weight excluding hydrogens is 370 g/mol. The molecule has 1 unspecified atom stereocenters. The van der Waals surface area contributed by atoms with Crippen molar-refractivity contribution >= 4 is 30.3 Å². The Balaban J connectivity index is 0.00000261. The second-order valence-electron chi connectivity index (χ2n) is 7.31. The molecule has 3 N–H and O–H groups in total. The highest BCUT2D eigenvalue weighted by Crippen LogP contribution is 2.49. The monoisotopic (exact) mass is 395 g/mol. The summed E-state index contributed by atoms with van der Waals surface area (Å²) in [5, 5.41) is 14.7. The highest BCUT2D eigenvalue weighted by atomic mass is 35.5. The third kappa shape index (κ3) is 4.42. The fourth-order valence-electron chi connectivity index (χ4n) is 4.18. The lowest BCUT2D eigenvalue weighted by atomic mass is 9.81. The molecule has 2 aliphatic rings. The van der Waals surface area contributed by atoms with Gasteiger partial charge in [-0.2, -0.15) is 0 Å². The third-order valence-corrected chi connectivity index (χ3v) is 5.78. The van der Waals surface area contributed by atoms with Crippen LogP contribution in [0.15, 0.2) is 30.3 Å². The summed E-state index contributed by atoms with van der Waals surface area (Å²) in [5.74, 6) is -1.09. The van der Waals surface area contributed by atoms with E-state index in [4.69, 9.17) is 0 Å². The van der Waals surface area contributed by atoms with Gasteiger partial charge in [0, 0.05) is 19.6 Å². The highest BCUT2D eigenvalue weighted by molar-refractivity contribution is 5.96. The molecule has 3 amide bonds. The molecule has 3 atom stereocenters. The molecule has 8 heteroatoms. The molecule has 1 aliphatic carbocycles. The maximum absolute atomic E-state index is 12.4. The van der Waals surface area contributed by atoms with E-state index in [0.717, 1.165) is 18.4 Å². The molecule has 1 aromatic carbocycles. The van der Waals surface area contributed by atoms with Crippen LogP contribution in [0.1, 0.15) is 31.7 Å². The van der Waals surface area contributed by atoms with Gasteiger partial charge in [0.2, 0.25) is 5.91 Å². The quantitative estimate of drug-likeness (QED) is 0.708. The van der Waals surface area contributed by atoms with Crippen LogP contribution in [0.5, 0.6) is 0 Å². The van der Waals surface area contributed by atoms with Crippen LogP contribution in [0.4, 0.5) is 4.79 Å². The van der Waals surface area contributed by atoms with Crippen molar-refractivity contribution in [1.82, 2.24) is 15.5 Å². The molecule has 0 spiro atoms. The van der Waals surface area contributed by atoms with E-state index >= 15 is 0 Å². The lowest BCUT2D eigenvalue weighted by molar-refractivity contribution is -0.149. The molecule has 1 saturated carbocycles. The number of imide groups is 1. The molecule has 2 fully saturated rings. The summed E-state index contributed by atoms with van der Waals surface area (Å²) in [6.45, 7) is 3.01. The molecule has 27 heavy (non-hydrogen) atoms. The maximum Gasteiger partial charge on any atom is 0.321 e. The first-order valence-corrected chi connectivity index (χ1v) is 9.02. The largest absolute Gasteiger partial charge is 0.481 e. The fourth-order valence-corrected chi connectivity index (χ4v) is 4.18. The summed E-state index contributed by atoms with van der Waals surface area (Å²) in [6.07, 6.45) is 2.47. The number of carbonyl (C=O) groups is 3. The molecule has 148 valence electrons. The van der Waals surface area contributed by atoms with Crippen LogP contribution >= 0.6 is 12.4 Å². The Kier molecular flexibility index (Phi) is 6.84. The van der Waals surface area contributed by atoms with Gasteiger partial charge in [-0.15, -0.1) is 12.4 Å². The minimum absolute atomic E-state index is 0. The normalized spacial score (nSPS) is 25.1. The van der Waals surface area contributed by atoms with E-state index in [9.17, 15) is 19.5 Å². The Morgan fingerprint density at radius 1 is 1.30 bits per heavy atom. The van der Waals surface area contributed by atoms with Gasteiger partial charge in [-0.05, 0) is 31.2 Å². The number of hydrogen-bond donors (Lipinski definition) is 3. The zero-order chi connectivity index (χ0) is 18.7. The lowest BCUT2D eigenvalue weighted by Gasteiger charge is -2.26. The topological polar surface area (TPSA) is 98.7 Å². The smallest absolute Gasteiger partial charge is 0.321 e. The van der Waals surface area contributed by atoms with Crippen molar-refractivity contribution in [3.63, 3.8) is 0 Å². The lowest BCUT2D eigenvalue weighted by Crippen LogP contribution is -2.49. The van der Waals surface area contributed by atoms with Crippen molar-refractivity contribution in [1.29, 1.82) is 0 Å². The van der Waals surface area contributed by atoms with E-state index in [1.165, 1.54) is 0 Å². The van der Waals surface area contributed by atoms with Crippen LogP contribution in [0.25, 0.3) is 0 Å². The summed E-state index contributed by atoms with van der Waals surface area (Å²) < 4.78 is 0. The van der Waals surface area contributed by atoms with Crippen LogP contribution in [-0.4, -0.2) is 47.0 Å². The Hall–Kier alpha value is -2.12. The van der Waals surface area contributed by atoms with Crippen LogP contribution in [0, 0.1) is 11.3 Å². The number of fused-ring (bicyclic) bond motifs is 1. The Morgan fingerprint density at radius 3 is 2.63 bits per heavy atom. The Morgan fingerprint density at radius 2 is 2.00 bits per heavy atom. The molecule has 1 saturated heterocycles. The average Bonchev–Trinajstić information content (AvgIpc) is 3.18. The average molecular weight is 396 g/mol. The zero-order valence-electron chi connectivity index (χ0n) is 15.3. The number of aliphatic carboxylic acids is 1. The van der Waals surface area contributed by atoms with Gasteiger partial charge in [0.05, 0.1) is 11.5 Å². The highest BCUT2D eigenvalue weighted by Gasteiger charge is 2.55. The fraction of sp³-hybridized carbons (Fsp3) is 0.526. The molecule has 1 aliphatic heterocycles. The number of carboxylic acids is 1. The predicted octanol–water partition coefficient (Wildman–Crippen LogP) is 2.01. The first kappa shape index (κ1) is 21.2. The van der Waals surface area contributed by atoms with Gasteiger partial charge in [-0.25, -0.2) is 4.79 Å². The first-order valence-electron chi connectivity index (χ1n) is 9.02. The molecule has 0 radical (unpaired) electrons. The summed E-state index contributed by atoms with van der Waals surface area (Å²) >= 11 is 0. The van der Waals surface area contributed by atoms with E-state index in [1.807, 2.05) is 35.2 Å². The third-order valence-electron chi connectivity index (χ3n) is 5.78. The second-order valence-corrected chi connectivity index (χ2v) is 7.31. The molecule has 7 nitrogen and oxygen atoms in total. The van der Waals surface area contributed by atoms with Gasteiger partial charge < -0.3 is 10.4 Å². The number of nitrogens with one attached hydrogen (secondary N) is 2. The van der Waals surface area contributed by atoms with Gasteiger partial charge in [-0.3, -0.25) is 19.8 Å². The van der Waals surface area contributed by atoms with Crippen molar-refractivity contribution in [3.8, 4) is 0 Å². The second kappa shape index (κ2) is 8.71. The van der Waals surface area contributed by atoms with E-state index in [1.54, 1.807) is 6.92 Å². The van der Waals surface area contributed by atoms with Crippen molar-refractivity contribution in [3.05, 3.63) is 35.9 Å². The van der Waals surface area contributed by atoms with Crippen LogP contribution in [-0.2, 0) is 16.1 Å². The number of urea groups is 1. The number of hydrogen-bond acceptors (Lipinski definition) is 4. The van der Waals surface area contributed by atoms with Crippen molar-refractivity contribution in [2.75, 3.05) is 13.1 Å². The summed E-state index contributed by atoms with van der Waals surface area (Å²) in [7, 11) is 0. The number of rotatable bonds is 5. The minimum atomic E-state index is -0.768. The van der Waals surface area contributed by atoms with E-state index in [-0.39, 0.29) is 18.3 Å². The van der Waals surface area contributed by atoms with Crippen LogP contribution in [0.2, 0.25) is 0 Å². The molecule has 0 bridgehead atoms. The number of nitrogens with zero attached hydrogens (tertiary/aromatic N) is 1. The molecule has 3 rings (SSSR count). The van der Waals surface area contributed by atoms with Gasteiger partial charge >= 0.3 is 12.0 Å². The van der Waals surface area contributed by atoms with Gasteiger partial charge in [0.1, 0.15) is 0 Å². The summed E-state index contributed by atoms with van der Waals surface area (Å²) in [6, 6.07) is 8.34. The standard InChI is InChI=1S/C19H25N3O4.ClH/c1-13(22-11-15-8-5-9-19(15,12-22)17(24)25)16(23)21-18(26)20-10-14-6-3-2-4-7-14;/h2-4,6-7,13,15H,5,8-12H2,1H3,(H,24,25)(H2,20,21,23,26);1H/t13?,15-,19+;/m0./s1. The Bertz CT molecular complexity index is 699. The molecule has 1 heterocycles. The van der Waals surface area contributed by atoms with E-state index < -0.39 is 29.4 Å². The van der Waals surface area contributed by atoms with Crippen molar-refractivity contribution in [2.45, 2.75) is 38.8 Å². The summed E-state index contributed by atoms with van der Waals surface area (Å²) in [5.41, 5.74) is 0.211. The maximum atomic E-state index is 12.4. The molecular formula is C19H26ClN3O4. The number of carbonyl (C=O) groups excluding carboxylic acids is 2. The van der Waals surface area contributed by atoms with E-state index in [0.29, 0.717) is 26.1 Å². The van der Waals surface area contributed by atoms with Crippen LogP contribution in [0.3, 0.4) is 0 Å². The number of halogens is 1. The van der Waals surface area contributed by atoms with Gasteiger partial charge in [-0.1, -0.05) is 36.8 Å². The first-order chi connectivity index (χ1) is 12.4. The number of benzene rings is 1. The summed E-state index contributed by atoms with van der Waals surface area (Å²) in [4.78, 5) is 38.0. The van der Waals surface area contributed by atoms with Crippen molar-refractivity contribution < 1.29 is 19.5 Å². The van der Waals surface area contributed by atoms with E-state index in [2.05, 4.69) is 10.6 Å². The van der Waals surface area contributed by atoms with Crippen molar-refractivity contribution in [2.24, 2.45) is 11.3 Å². The number of likely N-dealkylation sites (tertiary alicyclic amines) is 1. The molecule has 1 aromatic rings.